The molecule has 0 fully saturated rings. The van der Waals surface area contributed by atoms with Crippen molar-refractivity contribution in [3.05, 3.63) is 23.2 Å². The van der Waals surface area contributed by atoms with E-state index in [9.17, 15) is 0 Å². The van der Waals surface area contributed by atoms with Gasteiger partial charge in [-0.05, 0) is 24.5 Å². The fourth-order valence-corrected chi connectivity index (χ4v) is 3.51. The van der Waals surface area contributed by atoms with Gasteiger partial charge in [0.05, 0.1) is 7.11 Å². The number of benzene rings is 1. The third kappa shape index (κ3) is 1.60. The highest BCUT2D eigenvalue weighted by Gasteiger charge is 2.11. The van der Waals surface area contributed by atoms with Gasteiger partial charge >= 0.3 is 0 Å². The molecule has 0 saturated carbocycles. The first-order valence-electron chi connectivity index (χ1n) is 4.06. The zero-order chi connectivity index (χ0) is 10.1. The normalized spacial score (nSPS) is 10.8. The van der Waals surface area contributed by atoms with Crippen LogP contribution in [0, 0.1) is 0 Å². The predicted molar refractivity (Wildman–Crippen MR) is 65.2 cm³/mol. The summed E-state index contributed by atoms with van der Waals surface area (Å²) in [6.07, 6.45) is 2.05. The van der Waals surface area contributed by atoms with E-state index in [-0.39, 0.29) is 0 Å². The number of methoxy groups -OCH3 is 1. The summed E-state index contributed by atoms with van der Waals surface area (Å²) in [6, 6.07) is 5.87. The number of hydrogen-bond donors (Lipinski definition) is 0. The summed E-state index contributed by atoms with van der Waals surface area (Å²) < 4.78 is 7.75. The number of rotatable bonds is 2. The van der Waals surface area contributed by atoms with Gasteiger partial charge in [-0.2, -0.15) is 0 Å². The molecule has 1 nitrogen and oxygen atoms in total. The Hall–Kier alpha value is -0.380. The van der Waals surface area contributed by atoms with Gasteiger partial charge in [-0.1, -0.05) is 11.6 Å². The van der Waals surface area contributed by atoms with Crippen LogP contribution in [0.25, 0.3) is 10.1 Å². The molecule has 0 atom stereocenters. The summed E-state index contributed by atoms with van der Waals surface area (Å²) in [5.41, 5.74) is 0. The minimum absolute atomic E-state index is 0.772. The summed E-state index contributed by atoms with van der Waals surface area (Å²) in [6.45, 7) is 0. The molecule has 0 unspecified atom stereocenters. The van der Waals surface area contributed by atoms with Crippen molar-refractivity contribution >= 4 is 44.8 Å². The predicted octanol–water partition coefficient (Wildman–Crippen LogP) is 4.29. The Morgan fingerprint density at radius 3 is 2.86 bits per heavy atom. The first-order chi connectivity index (χ1) is 6.76. The van der Waals surface area contributed by atoms with E-state index in [0.29, 0.717) is 0 Å². The maximum Gasteiger partial charge on any atom is 0.151 e. The van der Waals surface area contributed by atoms with Crippen molar-refractivity contribution in [1.29, 1.82) is 0 Å². The topological polar surface area (TPSA) is 9.23 Å². The van der Waals surface area contributed by atoms with Crippen LogP contribution in [-0.4, -0.2) is 13.4 Å². The average Bonchev–Trinajstić information content (AvgIpc) is 2.54. The van der Waals surface area contributed by atoms with Crippen molar-refractivity contribution in [2.75, 3.05) is 13.4 Å². The third-order valence-corrected chi connectivity index (χ3v) is 4.44. The molecule has 0 aliphatic carbocycles. The lowest BCUT2D eigenvalue weighted by atomic mass is 10.2. The molecule has 1 aromatic carbocycles. The summed E-state index contributed by atoms with van der Waals surface area (Å²) in [5, 5.41) is 1.92. The molecule has 0 saturated heterocycles. The van der Waals surface area contributed by atoms with Crippen LogP contribution in [0.1, 0.15) is 0 Å². The minimum Gasteiger partial charge on any atom is -0.494 e. The molecular formula is C10H9ClOS2. The lowest BCUT2D eigenvalue weighted by Crippen LogP contribution is -1.81. The highest BCUT2D eigenvalue weighted by Crippen LogP contribution is 2.43. The van der Waals surface area contributed by atoms with Crippen molar-refractivity contribution in [3.8, 4) is 5.75 Å². The molecule has 0 amide bonds. The quantitative estimate of drug-likeness (QED) is 0.729. The Balaban J connectivity index is 2.73. The van der Waals surface area contributed by atoms with Gasteiger partial charge < -0.3 is 4.74 Å². The molecular weight excluding hydrogens is 236 g/mol. The summed E-state index contributed by atoms with van der Waals surface area (Å²) in [7, 11) is 1.70. The molecule has 0 N–H and O–H groups in total. The molecule has 74 valence electrons. The molecule has 1 aromatic heterocycles. The van der Waals surface area contributed by atoms with Gasteiger partial charge in [-0.3, -0.25) is 0 Å². The van der Waals surface area contributed by atoms with Crippen LogP contribution in [0.3, 0.4) is 0 Å². The van der Waals surface area contributed by atoms with Gasteiger partial charge in [0.15, 0.2) is 5.75 Å². The number of thiophene rings is 1. The standard InChI is InChI=1S/C10H9ClOS2/c1-12-9-7-4-3-6(11)5-8(7)14-10(9)13-2/h3-5H,1-2H3. The molecule has 0 radical (unpaired) electrons. The lowest BCUT2D eigenvalue weighted by molar-refractivity contribution is 0.413. The van der Waals surface area contributed by atoms with Crippen molar-refractivity contribution < 1.29 is 4.74 Å². The summed E-state index contributed by atoms with van der Waals surface area (Å²) in [4.78, 5) is 0. The van der Waals surface area contributed by atoms with Crippen LogP contribution in [0.2, 0.25) is 5.02 Å². The van der Waals surface area contributed by atoms with E-state index in [4.69, 9.17) is 16.3 Å². The smallest absolute Gasteiger partial charge is 0.151 e. The van der Waals surface area contributed by atoms with Crippen LogP contribution in [0.4, 0.5) is 0 Å². The molecule has 0 spiro atoms. The van der Waals surface area contributed by atoms with E-state index in [2.05, 4.69) is 6.26 Å². The largest absolute Gasteiger partial charge is 0.494 e. The Kier molecular flexibility index (Phi) is 2.91. The number of fused-ring (bicyclic) bond motifs is 1. The first kappa shape index (κ1) is 10.1. The van der Waals surface area contributed by atoms with E-state index in [0.717, 1.165) is 16.2 Å². The molecule has 0 aliphatic heterocycles. The number of thioether (sulfide) groups is 1. The van der Waals surface area contributed by atoms with Crippen LogP contribution in [0.15, 0.2) is 22.4 Å². The Morgan fingerprint density at radius 2 is 2.21 bits per heavy atom. The van der Waals surface area contributed by atoms with Gasteiger partial charge in [0.25, 0.3) is 0 Å². The van der Waals surface area contributed by atoms with E-state index < -0.39 is 0 Å². The highest BCUT2D eigenvalue weighted by atomic mass is 35.5. The van der Waals surface area contributed by atoms with Gasteiger partial charge in [0.1, 0.15) is 4.21 Å². The van der Waals surface area contributed by atoms with Crippen molar-refractivity contribution in [1.82, 2.24) is 0 Å². The molecule has 0 bridgehead atoms. The number of ether oxygens (including phenoxy) is 1. The molecule has 2 rings (SSSR count). The minimum atomic E-state index is 0.772. The first-order valence-corrected chi connectivity index (χ1v) is 6.48. The van der Waals surface area contributed by atoms with Crippen LogP contribution in [0.5, 0.6) is 5.75 Å². The average molecular weight is 245 g/mol. The van der Waals surface area contributed by atoms with E-state index in [1.165, 1.54) is 8.91 Å². The monoisotopic (exact) mass is 244 g/mol. The van der Waals surface area contributed by atoms with Crippen molar-refractivity contribution in [2.24, 2.45) is 0 Å². The zero-order valence-corrected chi connectivity index (χ0v) is 10.2. The Labute approximate surface area is 96.0 Å². The maximum atomic E-state index is 5.93. The fraction of sp³-hybridized carbons (Fsp3) is 0.200. The van der Waals surface area contributed by atoms with Gasteiger partial charge in [-0.25, -0.2) is 0 Å². The van der Waals surface area contributed by atoms with Crippen LogP contribution >= 0.6 is 34.7 Å². The van der Waals surface area contributed by atoms with Gasteiger partial charge in [0, 0.05) is 15.1 Å². The lowest BCUT2D eigenvalue weighted by Gasteiger charge is -1.99. The van der Waals surface area contributed by atoms with Crippen molar-refractivity contribution in [3.63, 3.8) is 0 Å². The number of hydrogen-bond acceptors (Lipinski definition) is 3. The Bertz CT molecular complexity index is 464. The second kappa shape index (κ2) is 4.01. The SMILES string of the molecule is COc1c(SC)sc2cc(Cl)ccc12. The maximum absolute atomic E-state index is 5.93. The molecule has 0 aliphatic rings. The van der Waals surface area contributed by atoms with Gasteiger partial charge in [-0.15, -0.1) is 23.1 Å². The van der Waals surface area contributed by atoms with Crippen LogP contribution < -0.4 is 4.74 Å². The third-order valence-electron chi connectivity index (χ3n) is 1.97. The molecule has 4 heteroatoms. The second-order valence-corrected chi connectivity index (χ2v) is 5.33. The van der Waals surface area contributed by atoms with E-state index >= 15 is 0 Å². The van der Waals surface area contributed by atoms with E-state index in [1.54, 1.807) is 30.2 Å². The van der Waals surface area contributed by atoms with Crippen molar-refractivity contribution in [2.45, 2.75) is 4.21 Å². The summed E-state index contributed by atoms with van der Waals surface area (Å²) in [5.74, 6) is 0.967. The van der Waals surface area contributed by atoms with Gasteiger partial charge in [0.2, 0.25) is 0 Å². The summed E-state index contributed by atoms with van der Waals surface area (Å²) >= 11 is 9.34. The van der Waals surface area contributed by atoms with E-state index in [1.807, 2.05) is 18.2 Å². The van der Waals surface area contributed by atoms with Crippen LogP contribution in [-0.2, 0) is 0 Å². The molecule has 14 heavy (non-hydrogen) atoms. The number of halogens is 1. The molecule has 1 heterocycles. The fourth-order valence-electron chi connectivity index (χ4n) is 1.35. The highest BCUT2D eigenvalue weighted by molar-refractivity contribution is 8.00. The molecule has 2 aromatic rings. The second-order valence-electron chi connectivity index (χ2n) is 2.77. The zero-order valence-electron chi connectivity index (χ0n) is 7.83. The Morgan fingerprint density at radius 1 is 1.43 bits per heavy atom.